The molecule has 0 saturated carbocycles. The molecule has 0 fully saturated rings. The lowest BCUT2D eigenvalue weighted by Gasteiger charge is -2.07. The Kier molecular flexibility index (Phi) is 5.51. The third-order valence-electron chi connectivity index (χ3n) is 4.42. The highest BCUT2D eigenvalue weighted by atomic mass is 19.1. The Morgan fingerprint density at radius 3 is 2.55 bits per heavy atom. The topological polar surface area (TPSA) is 85.4 Å². The van der Waals surface area contributed by atoms with Crippen LogP contribution in [-0.4, -0.2) is 29.4 Å². The van der Waals surface area contributed by atoms with E-state index in [4.69, 9.17) is 9.47 Å². The van der Waals surface area contributed by atoms with Gasteiger partial charge in [0, 0.05) is 13.1 Å². The van der Waals surface area contributed by atoms with Crippen LogP contribution in [0.25, 0.3) is 0 Å². The molecule has 7 nitrogen and oxygen atoms in total. The first-order chi connectivity index (χ1) is 14.2. The van der Waals surface area contributed by atoms with Gasteiger partial charge in [-0.2, -0.15) is 0 Å². The minimum absolute atomic E-state index is 0.213. The van der Waals surface area contributed by atoms with Gasteiger partial charge in [-0.3, -0.25) is 4.79 Å². The van der Waals surface area contributed by atoms with Gasteiger partial charge in [-0.15, -0.1) is 10.2 Å². The van der Waals surface area contributed by atoms with Crippen LogP contribution in [0.5, 0.6) is 11.5 Å². The highest BCUT2D eigenvalue weighted by molar-refractivity contribution is 5.92. The molecule has 2 aromatic carbocycles. The molecule has 0 radical (unpaired) electrons. The molecule has 3 aromatic rings. The number of ether oxygens (including phenoxy) is 2. The van der Waals surface area contributed by atoms with E-state index >= 15 is 0 Å². The fraction of sp³-hybridized carbons (Fsp3) is 0.190. The van der Waals surface area contributed by atoms with E-state index in [2.05, 4.69) is 20.8 Å². The Balaban J connectivity index is 1.25. The number of amides is 1. The summed E-state index contributed by atoms with van der Waals surface area (Å²) in [6, 6.07) is 15.2. The number of carbonyl (C=O) groups excluding carboxylic acids is 1. The number of halogens is 1. The number of nitrogens with zero attached hydrogens (tertiary/aromatic N) is 2. The van der Waals surface area contributed by atoms with E-state index in [1.54, 1.807) is 24.3 Å². The van der Waals surface area contributed by atoms with Crippen LogP contribution in [-0.2, 0) is 13.0 Å². The number of carbonyl (C=O) groups is 1. The van der Waals surface area contributed by atoms with Gasteiger partial charge < -0.3 is 20.1 Å². The number of rotatable bonds is 7. The van der Waals surface area contributed by atoms with Gasteiger partial charge in [-0.25, -0.2) is 4.39 Å². The van der Waals surface area contributed by atoms with Gasteiger partial charge in [0.2, 0.25) is 6.79 Å². The zero-order valence-corrected chi connectivity index (χ0v) is 15.5. The number of benzene rings is 2. The van der Waals surface area contributed by atoms with Gasteiger partial charge in [0.25, 0.3) is 5.91 Å². The second-order valence-corrected chi connectivity index (χ2v) is 6.48. The molecule has 0 aliphatic carbocycles. The van der Waals surface area contributed by atoms with Crippen molar-refractivity contribution in [3.63, 3.8) is 0 Å². The Labute approximate surface area is 166 Å². The molecule has 1 aliphatic rings. The molecule has 148 valence electrons. The zero-order valence-electron chi connectivity index (χ0n) is 15.5. The average molecular weight is 394 g/mol. The molecule has 0 spiro atoms. The van der Waals surface area contributed by atoms with Crippen LogP contribution in [0, 0.1) is 5.82 Å². The minimum Gasteiger partial charge on any atom is -0.454 e. The summed E-state index contributed by atoms with van der Waals surface area (Å²) in [7, 11) is 0. The van der Waals surface area contributed by atoms with Crippen molar-refractivity contribution >= 4 is 11.7 Å². The Morgan fingerprint density at radius 2 is 1.76 bits per heavy atom. The van der Waals surface area contributed by atoms with Crippen molar-refractivity contribution in [2.75, 3.05) is 18.7 Å². The largest absolute Gasteiger partial charge is 0.454 e. The van der Waals surface area contributed by atoms with Crippen LogP contribution in [0.1, 0.15) is 21.6 Å². The van der Waals surface area contributed by atoms with Crippen molar-refractivity contribution < 1.29 is 18.7 Å². The molecule has 1 aliphatic heterocycles. The smallest absolute Gasteiger partial charge is 0.272 e. The molecule has 2 N–H and O–H groups in total. The molecule has 1 amide bonds. The molecule has 0 bridgehead atoms. The number of hydrogen-bond donors (Lipinski definition) is 2. The third kappa shape index (κ3) is 4.78. The number of fused-ring (bicyclic) bond motifs is 1. The summed E-state index contributed by atoms with van der Waals surface area (Å²) in [5.74, 6) is 1.38. The van der Waals surface area contributed by atoms with Crippen molar-refractivity contribution in [2.45, 2.75) is 13.0 Å². The van der Waals surface area contributed by atoms with Gasteiger partial charge in [0.05, 0.1) is 0 Å². The highest BCUT2D eigenvalue weighted by Gasteiger charge is 2.14. The van der Waals surface area contributed by atoms with Gasteiger partial charge >= 0.3 is 0 Å². The summed E-state index contributed by atoms with van der Waals surface area (Å²) in [5.41, 5.74) is 2.15. The summed E-state index contributed by atoms with van der Waals surface area (Å²) in [4.78, 5) is 12.3. The monoisotopic (exact) mass is 394 g/mol. The Morgan fingerprint density at radius 1 is 0.966 bits per heavy atom. The number of aromatic nitrogens is 2. The van der Waals surface area contributed by atoms with Crippen molar-refractivity contribution in [3.8, 4) is 11.5 Å². The van der Waals surface area contributed by atoms with E-state index in [0.29, 0.717) is 30.4 Å². The maximum Gasteiger partial charge on any atom is 0.272 e. The average Bonchev–Trinajstić information content (AvgIpc) is 3.22. The van der Waals surface area contributed by atoms with Gasteiger partial charge in [-0.05, 0) is 53.9 Å². The normalized spacial score (nSPS) is 11.9. The molecular weight excluding hydrogens is 375 g/mol. The second-order valence-electron chi connectivity index (χ2n) is 6.48. The fourth-order valence-corrected chi connectivity index (χ4v) is 2.86. The molecule has 4 rings (SSSR count). The third-order valence-corrected chi connectivity index (χ3v) is 4.42. The lowest BCUT2D eigenvalue weighted by Crippen LogP contribution is -2.24. The molecule has 0 unspecified atom stereocenters. The van der Waals surface area contributed by atoms with Gasteiger partial charge in [-0.1, -0.05) is 18.2 Å². The SMILES string of the molecule is O=C(NCc1ccc2c(c1)OCO2)c1ccc(NCCc2ccc(F)cc2)nn1. The first-order valence-electron chi connectivity index (χ1n) is 9.16. The van der Waals surface area contributed by atoms with Crippen LogP contribution >= 0.6 is 0 Å². The Bertz CT molecular complexity index is 994. The number of hydrogen-bond acceptors (Lipinski definition) is 6. The van der Waals surface area contributed by atoms with Crippen molar-refractivity contribution in [1.82, 2.24) is 15.5 Å². The Hall–Kier alpha value is -3.68. The predicted octanol–water partition coefficient (Wildman–Crippen LogP) is 2.93. The summed E-state index contributed by atoms with van der Waals surface area (Å²) in [6.45, 7) is 1.18. The number of nitrogens with one attached hydrogen (secondary N) is 2. The van der Waals surface area contributed by atoms with E-state index in [1.807, 2.05) is 18.2 Å². The van der Waals surface area contributed by atoms with Crippen LogP contribution in [0.15, 0.2) is 54.6 Å². The van der Waals surface area contributed by atoms with Crippen molar-refractivity contribution in [3.05, 3.63) is 77.2 Å². The standard InChI is InChI=1S/C21H19FN4O3/c22-16-4-1-14(2-5-16)9-10-23-20-8-6-17(25-26-20)21(27)24-12-15-3-7-18-19(11-15)29-13-28-18/h1-8,11H,9-10,12-13H2,(H,23,26)(H,24,27). The van der Waals surface area contributed by atoms with E-state index in [9.17, 15) is 9.18 Å². The van der Waals surface area contributed by atoms with Gasteiger partial charge in [0.15, 0.2) is 17.2 Å². The maximum atomic E-state index is 12.9. The first kappa shape index (κ1) is 18.7. The molecule has 8 heteroatoms. The van der Waals surface area contributed by atoms with Crippen LogP contribution in [0.2, 0.25) is 0 Å². The van der Waals surface area contributed by atoms with Gasteiger partial charge in [0.1, 0.15) is 11.6 Å². The van der Waals surface area contributed by atoms with Crippen molar-refractivity contribution in [1.29, 1.82) is 0 Å². The zero-order chi connectivity index (χ0) is 20.1. The number of anilines is 1. The summed E-state index contributed by atoms with van der Waals surface area (Å²) < 4.78 is 23.5. The summed E-state index contributed by atoms with van der Waals surface area (Å²) in [6.07, 6.45) is 0.722. The van der Waals surface area contributed by atoms with E-state index in [0.717, 1.165) is 17.5 Å². The lowest BCUT2D eigenvalue weighted by atomic mass is 10.1. The van der Waals surface area contributed by atoms with Crippen LogP contribution in [0.3, 0.4) is 0 Å². The first-order valence-corrected chi connectivity index (χ1v) is 9.16. The predicted molar refractivity (Wildman–Crippen MR) is 104 cm³/mol. The van der Waals surface area contributed by atoms with Crippen LogP contribution in [0.4, 0.5) is 10.2 Å². The maximum absolute atomic E-state index is 12.9. The quantitative estimate of drug-likeness (QED) is 0.641. The van der Waals surface area contributed by atoms with Crippen molar-refractivity contribution in [2.24, 2.45) is 0 Å². The molecule has 1 aromatic heterocycles. The van der Waals surface area contributed by atoms with E-state index < -0.39 is 0 Å². The summed E-state index contributed by atoms with van der Waals surface area (Å²) >= 11 is 0. The molecule has 0 atom stereocenters. The van der Waals surface area contributed by atoms with E-state index in [-0.39, 0.29) is 24.2 Å². The van der Waals surface area contributed by atoms with E-state index in [1.165, 1.54) is 12.1 Å². The minimum atomic E-state index is -0.312. The van der Waals surface area contributed by atoms with Crippen LogP contribution < -0.4 is 20.1 Å². The highest BCUT2D eigenvalue weighted by Crippen LogP contribution is 2.32. The summed E-state index contributed by atoms with van der Waals surface area (Å²) in [5, 5.41) is 13.9. The molecule has 29 heavy (non-hydrogen) atoms. The fourth-order valence-electron chi connectivity index (χ4n) is 2.86. The second kappa shape index (κ2) is 8.55. The molecule has 2 heterocycles. The lowest BCUT2D eigenvalue weighted by molar-refractivity contribution is 0.0945. The molecule has 0 saturated heterocycles. The molecular formula is C21H19FN4O3.